The molecule has 2 heterocycles. The van der Waals surface area contributed by atoms with Crippen LogP contribution in [0, 0.1) is 6.92 Å². The number of morpholine rings is 1. The van der Waals surface area contributed by atoms with Crippen LogP contribution in [-0.2, 0) is 17.7 Å². The van der Waals surface area contributed by atoms with Crippen LogP contribution in [0.3, 0.4) is 0 Å². The van der Waals surface area contributed by atoms with Gasteiger partial charge in [-0.2, -0.15) is 0 Å². The normalized spacial score (nSPS) is 18.2. The Bertz CT molecular complexity index is 735. The summed E-state index contributed by atoms with van der Waals surface area (Å²) in [6.45, 7) is 5.12. The van der Waals surface area contributed by atoms with E-state index in [-0.39, 0.29) is 6.10 Å². The fraction of sp³-hybridized carbons (Fsp3) is 0.421. The lowest BCUT2D eigenvalue weighted by atomic mass is 10.1. The van der Waals surface area contributed by atoms with Gasteiger partial charge in [-0.1, -0.05) is 12.1 Å². The molecule has 1 aromatic carbocycles. The molecule has 1 unspecified atom stereocenters. The number of hydrogen-bond donors (Lipinski definition) is 1. The number of carbonyl (C=O) groups is 1. The van der Waals surface area contributed by atoms with Gasteiger partial charge in [0.15, 0.2) is 0 Å². The van der Waals surface area contributed by atoms with Crippen molar-refractivity contribution in [3.8, 4) is 0 Å². The van der Waals surface area contributed by atoms with Crippen molar-refractivity contribution in [2.75, 3.05) is 19.7 Å². The van der Waals surface area contributed by atoms with Gasteiger partial charge in [0, 0.05) is 31.0 Å². The number of ether oxygens (including phenoxy) is 1. The van der Waals surface area contributed by atoms with Crippen LogP contribution in [0.25, 0.3) is 0 Å². The standard InChI is InChI=1S/C19H23N3O3/c1-14-9-17(21-13-20-14)5-6-18-12-22(7-8-25-18)11-15-3-2-4-16(10-15)19(23)24/h2-4,9-10,13,18H,5-8,11-12H2,1H3,(H,23,24). The second-order valence-corrected chi connectivity index (χ2v) is 6.42. The molecular weight excluding hydrogens is 318 g/mol. The van der Waals surface area contributed by atoms with Crippen molar-refractivity contribution < 1.29 is 14.6 Å². The van der Waals surface area contributed by atoms with Crippen LogP contribution >= 0.6 is 0 Å². The minimum Gasteiger partial charge on any atom is -0.478 e. The fourth-order valence-corrected chi connectivity index (χ4v) is 3.11. The molecule has 1 N–H and O–H groups in total. The van der Waals surface area contributed by atoms with E-state index in [1.807, 2.05) is 19.1 Å². The third-order valence-corrected chi connectivity index (χ3v) is 4.39. The highest BCUT2D eigenvalue weighted by Crippen LogP contribution is 2.15. The van der Waals surface area contributed by atoms with Gasteiger partial charge in [-0.05, 0) is 43.5 Å². The molecule has 0 radical (unpaired) electrons. The molecule has 1 saturated heterocycles. The number of nitrogens with zero attached hydrogens (tertiary/aromatic N) is 3. The average molecular weight is 341 g/mol. The molecule has 6 nitrogen and oxygen atoms in total. The predicted octanol–water partition coefficient (Wildman–Crippen LogP) is 2.32. The maximum absolute atomic E-state index is 11.1. The van der Waals surface area contributed by atoms with Crippen LogP contribution in [0.15, 0.2) is 36.7 Å². The van der Waals surface area contributed by atoms with Crippen LogP contribution < -0.4 is 0 Å². The summed E-state index contributed by atoms with van der Waals surface area (Å²) in [5.41, 5.74) is 3.38. The molecule has 0 bridgehead atoms. The Hall–Kier alpha value is -2.31. The van der Waals surface area contributed by atoms with E-state index in [9.17, 15) is 4.79 Å². The van der Waals surface area contributed by atoms with Gasteiger partial charge in [-0.25, -0.2) is 14.8 Å². The van der Waals surface area contributed by atoms with Crippen molar-refractivity contribution in [2.45, 2.75) is 32.4 Å². The second-order valence-electron chi connectivity index (χ2n) is 6.42. The molecule has 25 heavy (non-hydrogen) atoms. The predicted molar refractivity (Wildman–Crippen MR) is 93.5 cm³/mol. The molecule has 0 amide bonds. The summed E-state index contributed by atoms with van der Waals surface area (Å²) in [6, 6.07) is 9.15. The van der Waals surface area contributed by atoms with Gasteiger partial charge < -0.3 is 9.84 Å². The molecule has 1 aliphatic heterocycles. The van der Waals surface area contributed by atoms with Crippen LogP contribution in [-0.4, -0.2) is 51.7 Å². The van der Waals surface area contributed by atoms with Gasteiger partial charge in [0.1, 0.15) is 6.33 Å². The van der Waals surface area contributed by atoms with E-state index >= 15 is 0 Å². The minimum atomic E-state index is -0.887. The second kappa shape index (κ2) is 8.18. The van der Waals surface area contributed by atoms with Gasteiger partial charge in [0.2, 0.25) is 0 Å². The summed E-state index contributed by atoms with van der Waals surface area (Å²) in [4.78, 5) is 21.8. The lowest BCUT2D eigenvalue weighted by Crippen LogP contribution is -2.42. The fourth-order valence-electron chi connectivity index (χ4n) is 3.11. The van der Waals surface area contributed by atoms with Crippen molar-refractivity contribution in [3.05, 3.63) is 59.2 Å². The molecule has 1 aromatic heterocycles. The van der Waals surface area contributed by atoms with E-state index in [2.05, 4.69) is 14.9 Å². The Morgan fingerprint density at radius 1 is 1.36 bits per heavy atom. The van der Waals surface area contributed by atoms with Crippen LogP contribution in [0.1, 0.15) is 33.7 Å². The molecule has 0 spiro atoms. The van der Waals surface area contributed by atoms with Crippen LogP contribution in [0.5, 0.6) is 0 Å². The van der Waals surface area contributed by atoms with E-state index in [0.717, 1.165) is 49.4 Å². The molecule has 132 valence electrons. The zero-order valence-electron chi connectivity index (χ0n) is 14.4. The zero-order valence-corrected chi connectivity index (χ0v) is 14.4. The lowest BCUT2D eigenvalue weighted by molar-refractivity contribution is -0.0346. The van der Waals surface area contributed by atoms with Crippen molar-refractivity contribution >= 4 is 5.97 Å². The average Bonchev–Trinajstić information content (AvgIpc) is 2.61. The molecule has 2 aromatic rings. The molecule has 1 fully saturated rings. The number of rotatable bonds is 6. The topological polar surface area (TPSA) is 75.6 Å². The zero-order chi connectivity index (χ0) is 17.6. The Morgan fingerprint density at radius 3 is 3.04 bits per heavy atom. The van der Waals surface area contributed by atoms with Crippen molar-refractivity contribution in [3.63, 3.8) is 0 Å². The van der Waals surface area contributed by atoms with Crippen molar-refractivity contribution in [1.82, 2.24) is 14.9 Å². The summed E-state index contributed by atoms with van der Waals surface area (Å²) in [7, 11) is 0. The SMILES string of the molecule is Cc1cc(CCC2CN(Cc3cccc(C(=O)O)c3)CCO2)ncn1. The van der Waals surface area contributed by atoms with Crippen molar-refractivity contribution in [2.24, 2.45) is 0 Å². The first-order valence-corrected chi connectivity index (χ1v) is 8.54. The molecule has 1 atom stereocenters. The number of carboxylic acids is 1. The first-order valence-electron chi connectivity index (χ1n) is 8.54. The van der Waals surface area contributed by atoms with E-state index in [1.165, 1.54) is 0 Å². The molecule has 6 heteroatoms. The Balaban J connectivity index is 1.54. The summed E-state index contributed by atoms with van der Waals surface area (Å²) in [6.07, 6.45) is 3.57. The number of aromatic nitrogens is 2. The lowest BCUT2D eigenvalue weighted by Gasteiger charge is -2.33. The Kier molecular flexibility index (Phi) is 5.73. The third kappa shape index (κ3) is 5.08. The van der Waals surface area contributed by atoms with E-state index in [1.54, 1.807) is 24.5 Å². The highest BCUT2D eigenvalue weighted by atomic mass is 16.5. The summed E-state index contributed by atoms with van der Waals surface area (Å²) in [5, 5.41) is 9.11. The number of carboxylic acid groups (broad SMARTS) is 1. The molecule has 0 aliphatic carbocycles. The largest absolute Gasteiger partial charge is 0.478 e. The number of hydrogen-bond acceptors (Lipinski definition) is 5. The Morgan fingerprint density at radius 2 is 2.24 bits per heavy atom. The summed E-state index contributed by atoms with van der Waals surface area (Å²) < 4.78 is 5.88. The molecular formula is C19H23N3O3. The monoisotopic (exact) mass is 341 g/mol. The number of benzene rings is 1. The van der Waals surface area contributed by atoms with E-state index in [0.29, 0.717) is 12.2 Å². The maximum atomic E-state index is 11.1. The summed E-state index contributed by atoms with van der Waals surface area (Å²) in [5.74, 6) is -0.887. The summed E-state index contributed by atoms with van der Waals surface area (Å²) >= 11 is 0. The third-order valence-electron chi connectivity index (χ3n) is 4.39. The van der Waals surface area contributed by atoms with Gasteiger partial charge in [0.25, 0.3) is 0 Å². The van der Waals surface area contributed by atoms with Gasteiger partial charge in [-0.15, -0.1) is 0 Å². The Labute approximate surface area is 147 Å². The van der Waals surface area contributed by atoms with Crippen LogP contribution in [0.4, 0.5) is 0 Å². The van der Waals surface area contributed by atoms with Crippen LogP contribution in [0.2, 0.25) is 0 Å². The maximum Gasteiger partial charge on any atom is 0.335 e. The molecule has 0 saturated carbocycles. The van der Waals surface area contributed by atoms with Gasteiger partial charge in [-0.3, -0.25) is 4.90 Å². The first kappa shape index (κ1) is 17.5. The molecule has 3 rings (SSSR count). The smallest absolute Gasteiger partial charge is 0.335 e. The number of aryl methyl sites for hydroxylation is 2. The highest BCUT2D eigenvalue weighted by Gasteiger charge is 2.20. The highest BCUT2D eigenvalue weighted by molar-refractivity contribution is 5.87. The van der Waals surface area contributed by atoms with Crippen molar-refractivity contribution in [1.29, 1.82) is 0 Å². The van der Waals surface area contributed by atoms with Gasteiger partial charge in [0.05, 0.1) is 18.3 Å². The van der Waals surface area contributed by atoms with E-state index in [4.69, 9.17) is 9.84 Å². The minimum absolute atomic E-state index is 0.173. The number of aromatic carboxylic acids is 1. The van der Waals surface area contributed by atoms with E-state index < -0.39 is 5.97 Å². The van der Waals surface area contributed by atoms with Gasteiger partial charge >= 0.3 is 5.97 Å². The molecule has 1 aliphatic rings. The quantitative estimate of drug-likeness (QED) is 0.869. The first-order chi connectivity index (χ1) is 12.1.